The van der Waals surface area contributed by atoms with Crippen molar-refractivity contribution >= 4 is 41.3 Å². The Bertz CT molecular complexity index is 681. The van der Waals surface area contributed by atoms with Crippen molar-refractivity contribution < 1.29 is 23.9 Å². The number of amides is 3. The standard InChI is InChI=1S/C14H14Cl2N2O5/c1-4-14(8-5-6-9(15)10(16)7-8)11(19)17(12(20)22-2)18(14)13(21)23-3/h5-7H,4H2,1-3H3/t14-/m0/s1. The summed E-state index contributed by atoms with van der Waals surface area (Å²) in [5.41, 5.74) is -0.986. The van der Waals surface area contributed by atoms with E-state index >= 15 is 0 Å². The van der Waals surface area contributed by atoms with Gasteiger partial charge in [-0.05, 0) is 24.1 Å². The number of imide groups is 1. The summed E-state index contributed by atoms with van der Waals surface area (Å²) in [5.74, 6) is -0.615. The fraction of sp³-hybridized carbons (Fsp3) is 0.357. The number of carbonyl (C=O) groups excluding carboxylic acids is 3. The van der Waals surface area contributed by atoms with Gasteiger partial charge < -0.3 is 9.47 Å². The van der Waals surface area contributed by atoms with Crippen LogP contribution in [0.25, 0.3) is 0 Å². The molecule has 0 saturated carbocycles. The van der Waals surface area contributed by atoms with Gasteiger partial charge in [0.25, 0.3) is 5.91 Å². The number of halogens is 2. The zero-order chi connectivity index (χ0) is 17.4. The highest BCUT2D eigenvalue weighted by Crippen LogP contribution is 2.45. The van der Waals surface area contributed by atoms with E-state index in [4.69, 9.17) is 23.2 Å². The molecule has 2 rings (SSSR count). The number of methoxy groups -OCH3 is 2. The number of hydrogen-bond donors (Lipinski definition) is 0. The number of rotatable bonds is 2. The molecule has 1 aliphatic heterocycles. The molecule has 0 bridgehead atoms. The molecule has 7 nitrogen and oxygen atoms in total. The number of carbonyl (C=O) groups is 3. The van der Waals surface area contributed by atoms with E-state index in [9.17, 15) is 14.4 Å². The highest BCUT2D eigenvalue weighted by Gasteiger charge is 2.65. The Labute approximate surface area is 142 Å². The molecule has 1 aromatic carbocycles. The predicted molar refractivity (Wildman–Crippen MR) is 81.9 cm³/mol. The van der Waals surface area contributed by atoms with Gasteiger partial charge in [-0.25, -0.2) is 9.59 Å². The van der Waals surface area contributed by atoms with Crippen molar-refractivity contribution in [3.63, 3.8) is 0 Å². The molecule has 0 radical (unpaired) electrons. The zero-order valence-electron chi connectivity index (χ0n) is 12.6. The van der Waals surface area contributed by atoms with Crippen molar-refractivity contribution in [2.75, 3.05) is 14.2 Å². The van der Waals surface area contributed by atoms with Crippen molar-refractivity contribution in [2.45, 2.75) is 18.9 Å². The Balaban J connectivity index is 2.58. The third kappa shape index (κ3) is 2.40. The Hall–Kier alpha value is -1.99. The highest BCUT2D eigenvalue weighted by molar-refractivity contribution is 6.42. The summed E-state index contributed by atoms with van der Waals surface area (Å²) in [6, 6.07) is 4.57. The van der Waals surface area contributed by atoms with Crippen molar-refractivity contribution in [1.29, 1.82) is 0 Å². The van der Waals surface area contributed by atoms with Crippen LogP contribution in [0.4, 0.5) is 9.59 Å². The number of nitrogens with zero attached hydrogens (tertiary/aromatic N) is 2. The van der Waals surface area contributed by atoms with Crippen molar-refractivity contribution in [2.24, 2.45) is 0 Å². The van der Waals surface area contributed by atoms with Crippen molar-refractivity contribution in [3.8, 4) is 0 Å². The Morgan fingerprint density at radius 3 is 2.22 bits per heavy atom. The van der Waals surface area contributed by atoms with Gasteiger partial charge in [0, 0.05) is 0 Å². The van der Waals surface area contributed by atoms with E-state index in [0.29, 0.717) is 15.6 Å². The van der Waals surface area contributed by atoms with Gasteiger partial charge in [0.2, 0.25) is 0 Å². The molecule has 1 heterocycles. The van der Waals surface area contributed by atoms with Gasteiger partial charge in [-0.2, -0.15) is 5.01 Å². The lowest BCUT2D eigenvalue weighted by atomic mass is 9.81. The van der Waals surface area contributed by atoms with E-state index in [0.717, 1.165) is 19.2 Å². The van der Waals surface area contributed by atoms with E-state index in [2.05, 4.69) is 9.47 Å². The highest BCUT2D eigenvalue weighted by atomic mass is 35.5. The second-order valence-electron chi connectivity index (χ2n) is 4.71. The largest absolute Gasteiger partial charge is 0.451 e. The molecule has 9 heteroatoms. The summed E-state index contributed by atoms with van der Waals surface area (Å²) in [4.78, 5) is 36.5. The van der Waals surface area contributed by atoms with Crippen molar-refractivity contribution in [1.82, 2.24) is 10.0 Å². The van der Waals surface area contributed by atoms with Crippen LogP contribution in [0, 0.1) is 0 Å². The van der Waals surface area contributed by atoms with Crippen LogP contribution in [0.5, 0.6) is 0 Å². The molecule has 3 amide bonds. The summed E-state index contributed by atoms with van der Waals surface area (Å²) in [6.07, 6.45) is -1.65. The van der Waals surface area contributed by atoms with Crippen LogP contribution in [-0.2, 0) is 19.8 Å². The van der Waals surface area contributed by atoms with Gasteiger partial charge in [-0.15, -0.1) is 5.01 Å². The lowest BCUT2D eigenvalue weighted by Gasteiger charge is -2.54. The molecule has 1 saturated heterocycles. The maximum absolute atomic E-state index is 12.6. The Kier molecular flexibility index (Phi) is 4.72. The second kappa shape index (κ2) is 6.25. The first-order valence-corrected chi connectivity index (χ1v) is 7.36. The van der Waals surface area contributed by atoms with Crippen LogP contribution in [0.1, 0.15) is 18.9 Å². The van der Waals surface area contributed by atoms with Gasteiger partial charge in [-0.1, -0.05) is 36.2 Å². The zero-order valence-corrected chi connectivity index (χ0v) is 14.1. The maximum atomic E-state index is 12.6. The molecule has 124 valence electrons. The summed E-state index contributed by atoms with van der Waals surface area (Å²) in [5, 5.41) is 2.05. The van der Waals surface area contributed by atoms with E-state index < -0.39 is 23.6 Å². The Morgan fingerprint density at radius 1 is 1.13 bits per heavy atom. The smallest absolute Gasteiger partial charge is 0.436 e. The van der Waals surface area contributed by atoms with Crippen LogP contribution in [-0.4, -0.2) is 42.3 Å². The molecular weight excluding hydrogens is 347 g/mol. The third-order valence-electron chi connectivity index (χ3n) is 3.71. The third-order valence-corrected chi connectivity index (χ3v) is 4.45. The molecule has 1 aliphatic rings. The first kappa shape index (κ1) is 17.4. The fourth-order valence-corrected chi connectivity index (χ4v) is 2.86. The van der Waals surface area contributed by atoms with Crippen LogP contribution in [0.2, 0.25) is 10.0 Å². The minimum atomic E-state index is -1.41. The van der Waals surface area contributed by atoms with Crippen LogP contribution in [0.3, 0.4) is 0 Å². The first-order valence-electron chi connectivity index (χ1n) is 6.61. The monoisotopic (exact) mass is 360 g/mol. The fourth-order valence-electron chi connectivity index (χ4n) is 2.56. The SMILES string of the molecule is CC[C@]1(c2ccc(Cl)c(Cl)c2)C(=O)N(C(=O)OC)N1C(=O)OC. The average Bonchev–Trinajstić information content (AvgIpc) is 2.55. The molecular formula is C14H14Cl2N2O5. The molecule has 0 aromatic heterocycles. The summed E-state index contributed by atoms with van der Waals surface area (Å²) in [7, 11) is 2.26. The molecule has 0 N–H and O–H groups in total. The number of benzene rings is 1. The minimum absolute atomic E-state index is 0.201. The molecule has 0 unspecified atom stereocenters. The summed E-state index contributed by atoms with van der Waals surface area (Å²) >= 11 is 11.9. The van der Waals surface area contributed by atoms with Crippen LogP contribution < -0.4 is 0 Å². The molecule has 1 atom stereocenters. The van der Waals surface area contributed by atoms with Gasteiger partial charge in [0.05, 0.1) is 24.3 Å². The van der Waals surface area contributed by atoms with Gasteiger partial charge in [-0.3, -0.25) is 4.79 Å². The van der Waals surface area contributed by atoms with E-state index in [1.165, 1.54) is 12.1 Å². The molecule has 23 heavy (non-hydrogen) atoms. The molecule has 1 aromatic rings. The van der Waals surface area contributed by atoms with Gasteiger partial charge >= 0.3 is 12.2 Å². The second-order valence-corrected chi connectivity index (χ2v) is 5.53. The van der Waals surface area contributed by atoms with E-state index in [1.807, 2.05) is 0 Å². The van der Waals surface area contributed by atoms with E-state index in [-0.39, 0.29) is 11.4 Å². The van der Waals surface area contributed by atoms with E-state index in [1.54, 1.807) is 13.0 Å². The number of hydrazine groups is 1. The predicted octanol–water partition coefficient (Wildman–Crippen LogP) is 3.19. The molecule has 0 spiro atoms. The number of ether oxygens (including phenoxy) is 2. The molecule has 1 fully saturated rings. The van der Waals surface area contributed by atoms with Crippen LogP contribution >= 0.6 is 23.2 Å². The number of hydrogen-bond acceptors (Lipinski definition) is 5. The quantitative estimate of drug-likeness (QED) is 0.809. The first-order chi connectivity index (χ1) is 10.8. The topological polar surface area (TPSA) is 76.2 Å². The lowest BCUT2D eigenvalue weighted by molar-refractivity contribution is -0.201. The van der Waals surface area contributed by atoms with Crippen molar-refractivity contribution in [3.05, 3.63) is 33.8 Å². The summed E-state index contributed by atoms with van der Waals surface area (Å²) < 4.78 is 9.22. The van der Waals surface area contributed by atoms with Crippen LogP contribution in [0.15, 0.2) is 18.2 Å². The molecule has 0 aliphatic carbocycles. The lowest BCUT2D eigenvalue weighted by Crippen LogP contribution is -2.77. The van der Waals surface area contributed by atoms with Gasteiger partial charge in [0.15, 0.2) is 5.54 Å². The minimum Gasteiger partial charge on any atom is -0.451 e. The summed E-state index contributed by atoms with van der Waals surface area (Å²) in [6.45, 7) is 1.70. The Morgan fingerprint density at radius 2 is 1.74 bits per heavy atom. The van der Waals surface area contributed by atoms with Gasteiger partial charge in [0.1, 0.15) is 0 Å². The average molecular weight is 361 g/mol. The maximum Gasteiger partial charge on any atom is 0.436 e. The normalized spacial score (nSPS) is 20.1.